The van der Waals surface area contributed by atoms with E-state index in [9.17, 15) is 4.79 Å². The predicted molar refractivity (Wildman–Crippen MR) is 88.6 cm³/mol. The molecule has 2 aromatic rings. The largest absolute Gasteiger partial charge is 0.497 e. The molecule has 0 fully saturated rings. The van der Waals surface area contributed by atoms with Crippen LogP contribution in [0.2, 0.25) is 10.0 Å². The molecule has 0 aliphatic heterocycles. The number of nitrogens with one attached hydrogen (secondary N) is 2. The van der Waals surface area contributed by atoms with Crippen LogP contribution in [-0.2, 0) is 0 Å². The third-order valence-electron chi connectivity index (χ3n) is 2.73. The van der Waals surface area contributed by atoms with E-state index in [-0.39, 0.29) is 0 Å². The predicted octanol–water partition coefficient (Wildman–Crippen LogP) is 4.65. The molecule has 0 spiro atoms. The second kappa shape index (κ2) is 7.24. The molecular formula is C15H14Cl2N2O3. The summed E-state index contributed by atoms with van der Waals surface area (Å²) < 4.78 is 10.3. The number of hydrogen-bond acceptors (Lipinski definition) is 3. The molecule has 2 rings (SSSR count). The minimum atomic E-state index is -0.436. The van der Waals surface area contributed by atoms with Gasteiger partial charge in [-0.2, -0.15) is 0 Å². The van der Waals surface area contributed by atoms with Crippen molar-refractivity contribution in [2.24, 2.45) is 0 Å². The second-order valence-electron chi connectivity index (χ2n) is 4.34. The lowest BCUT2D eigenvalue weighted by atomic mass is 10.2. The zero-order valence-corrected chi connectivity index (χ0v) is 13.5. The molecule has 0 radical (unpaired) electrons. The number of carbonyl (C=O) groups excluding carboxylic acids is 1. The van der Waals surface area contributed by atoms with Gasteiger partial charge in [-0.15, -0.1) is 0 Å². The molecule has 116 valence electrons. The van der Waals surface area contributed by atoms with Gasteiger partial charge in [0.2, 0.25) is 0 Å². The Hall–Kier alpha value is -2.11. The monoisotopic (exact) mass is 340 g/mol. The average molecular weight is 341 g/mol. The molecule has 0 atom stereocenters. The lowest BCUT2D eigenvalue weighted by Crippen LogP contribution is -2.19. The van der Waals surface area contributed by atoms with Gasteiger partial charge in [0.15, 0.2) is 0 Å². The molecule has 0 unspecified atom stereocenters. The Bertz CT molecular complexity index is 650. The molecular weight excluding hydrogens is 327 g/mol. The fourth-order valence-corrected chi connectivity index (χ4v) is 2.33. The average Bonchev–Trinajstić information content (AvgIpc) is 2.45. The van der Waals surface area contributed by atoms with Crippen molar-refractivity contribution >= 4 is 40.6 Å². The first-order chi connectivity index (χ1) is 10.5. The van der Waals surface area contributed by atoms with E-state index < -0.39 is 6.03 Å². The first-order valence-electron chi connectivity index (χ1n) is 6.27. The van der Waals surface area contributed by atoms with Crippen molar-refractivity contribution in [3.05, 3.63) is 46.4 Å². The molecule has 0 heterocycles. The van der Waals surface area contributed by atoms with Crippen molar-refractivity contribution in [3.63, 3.8) is 0 Å². The summed E-state index contributed by atoms with van der Waals surface area (Å²) in [4.78, 5) is 12.0. The number of carbonyl (C=O) groups is 1. The maximum atomic E-state index is 12.0. The molecule has 0 saturated heterocycles. The van der Waals surface area contributed by atoms with Crippen molar-refractivity contribution in [1.82, 2.24) is 0 Å². The molecule has 0 aromatic heterocycles. The Morgan fingerprint density at radius 1 is 0.818 bits per heavy atom. The molecule has 22 heavy (non-hydrogen) atoms. The van der Waals surface area contributed by atoms with E-state index in [2.05, 4.69) is 10.6 Å². The molecule has 0 saturated carbocycles. The van der Waals surface area contributed by atoms with E-state index in [4.69, 9.17) is 32.7 Å². The SMILES string of the molecule is COc1cc(NC(=O)Nc2cc(Cl)cc(Cl)c2)cc(OC)c1. The molecule has 7 heteroatoms. The van der Waals surface area contributed by atoms with Gasteiger partial charge in [0.1, 0.15) is 11.5 Å². The van der Waals surface area contributed by atoms with Gasteiger partial charge in [-0.1, -0.05) is 23.2 Å². The van der Waals surface area contributed by atoms with Crippen molar-refractivity contribution in [2.75, 3.05) is 24.9 Å². The Kier molecular flexibility index (Phi) is 5.35. The molecule has 0 aliphatic carbocycles. The number of ether oxygens (including phenoxy) is 2. The summed E-state index contributed by atoms with van der Waals surface area (Å²) in [7, 11) is 3.07. The van der Waals surface area contributed by atoms with E-state index in [1.54, 1.807) is 36.4 Å². The fourth-order valence-electron chi connectivity index (χ4n) is 1.80. The summed E-state index contributed by atoms with van der Waals surface area (Å²) in [5, 5.41) is 6.20. The third-order valence-corrected chi connectivity index (χ3v) is 3.17. The van der Waals surface area contributed by atoms with E-state index in [0.717, 1.165) is 0 Å². The van der Waals surface area contributed by atoms with Gasteiger partial charge in [0.25, 0.3) is 0 Å². The molecule has 2 N–H and O–H groups in total. The van der Waals surface area contributed by atoms with Gasteiger partial charge in [-0.05, 0) is 18.2 Å². The van der Waals surface area contributed by atoms with Crippen LogP contribution in [0.3, 0.4) is 0 Å². The first kappa shape index (κ1) is 16.3. The number of hydrogen-bond donors (Lipinski definition) is 2. The van der Waals surface area contributed by atoms with Crippen molar-refractivity contribution in [3.8, 4) is 11.5 Å². The summed E-state index contributed by atoms with van der Waals surface area (Å²) >= 11 is 11.8. The third kappa shape index (κ3) is 4.44. The summed E-state index contributed by atoms with van der Waals surface area (Å²) in [6.45, 7) is 0. The van der Waals surface area contributed by atoms with Crippen LogP contribution < -0.4 is 20.1 Å². The normalized spacial score (nSPS) is 10.0. The van der Waals surface area contributed by atoms with E-state index >= 15 is 0 Å². The number of anilines is 2. The Balaban J connectivity index is 2.11. The topological polar surface area (TPSA) is 59.6 Å². The van der Waals surface area contributed by atoms with Crippen LogP contribution in [0, 0.1) is 0 Å². The van der Waals surface area contributed by atoms with E-state index in [1.807, 2.05) is 0 Å². The lowest BCUT2D eigenvalue weighted by molar-refractivity contribution is 0.262. The molecule has 2 aromatic carbocycles. The minimum absolute atomic E-state index is 0.436. The first-order valence-corrected chi connectivity index (χ1v) is 7.03. The summed E-state index contributed by atoms with van der Waals surface area (Å²) in [6.07, 6.45) is 0. The van der Waals surface area contributed by atoms with Gasteiger partial charge in [0.05, 0.1) is 14.2 Å². The van der Waals surface area contributed by atoms with Gasteiger partial charge in [0, 0.05) is 39.6 Å². The number of urea groups is 1. The number of benzene rings is 2. The molecule has 5 nitrogen and oxygen atoms in total. The highest BCUT2D eigenvalue weighted by Crippen LogP contribution is 2.26. The zero-order valence-electron chi connectivity index (χ0n) is 11.9. The summed E-state index contributed by atoms with van der Waals surface area (Å²) in [5.74, 6) is 1.14. The lowest BCUT2D eigenvalue weighted by Gasteiger charge is -2.11. The van der Waals surface area contributed by atoms with Crippen LogP contribution in [0.4, 0.5) is 16.2 Å². The number of amides is 2. The minimum Gasteiger partial charge on any atom is -0.497 e. The van der Waals surface area contributed by atoms with Crippen LogP contribution in [0.25, 0.3) is 0 Å². The highest BCUT2D eigenvalue weighted by molar-refractivity contribution is 6.35. The highest BCUT2D eigenvalue weighted by atomic mass is 35.5. The summed E-state index contributed by atoms with van der Waals surface area (Å²) in [5.41, 5.74) is 1.02. The standard InChI is InChI=1S/C15H14Cl2N2O3/c1-21-13-6-12(7-14(8-13)22-2)19-15(20)18-11-4-9(16)3-10(17)5-11/h3-8H,1-2H3,(H2,18,19,20). The molecule has 2 amide bonds. The number of rotatable bonds is 4. The Morgan fingerprint density at radius 2 is 1.27 bits per heavy atom. The second-order valence-corrected chi connectivity index (χ2v) is 5.21. The van der Waals surface area contributed by atoms with Crippen molar-refractivity contribution in [1.29, 1.82) is 0 Å². The highest BCUT2D eigenvalue weighted by Gasteiger charge is 2.07. The maximum absolute atomic E-state index is 12.0. The van der Waals surface area contributed by atoms with Crippen LogP contribution in [0.15, 0.2) is 36.4 Å². The quantitative estimate of drug-likeness (QED) is 0.851. The Labute approximate surface area is 138 Å². The van der Waals surface area contributed by atoms with E-state index in [0.29, 0.717) is 32.9 Å². The van der Waals surface area contributed by atoms with Gasteiger partial charge < -0.3 is 20.1 Å². The van der Waals surface area contributed by atoms with Crippen LogP contribution >= 0.6 is 23.2 Å². The van der Waals surface area contributed by atoms with E-state index in [1.165, 1.54) is 14.2 Å². The maximum Gasteiger partial charge on any atom is 0.323 e. The van der Waals surface area contributed by atoms with Crippen LogP contribution in [-0.4, -0.2) is 20.3 Å². The molecule has 0 aliphatic rings. The van der Waals surface area contributed by atoms with Gasteiger partial charge in [-0.25, -0.2) is 4.79 Å². The van der Waals surface area contributed by atoms with Crippen molar-refractivity contribution in [2.45, 2.75) is 0 Å². The Morgan fingerprint density at radius 3 is 1.73 bits per heavy atom. The fraction of sp³-hybridized carbons (Fsp3) is 0.133. The smallest absolute Gasteiger partial charge is 0.323 e. The van der Waals surface area contributed by atoms with Gasteiger partial charge in [-0.3, -0.25) is 0 Å². The van der Waals surface area contributed by atoms with Crippen LogP contribution in [0.1, 0.15) is 0 Å². The van der Waals surface area contributed by atoms with Crippen molar-refractivity contribution < 1.29 is 14.3 Å². The zero-order chi connectivity index (χ0) is 16.1. The summed E-state index contributed by atoms with van der Waals surface area (Å²) in [6, 6.07) is 9.39. The molecule has 0 bridgehead atoms. The number of methoxy groups -OCH3 is 2. The number of halogens is 2. The van der Waals surface area contributed by atoms with Gasteiger partial charge >= 0.3 is 6.03 Å². The van der Waals surface area contributed by atoms with Crippen LogP contribution in [0.5, 0.6) is 11.5 Å².